The fourth-order valence-corrected chi connectivity index (χ4v) is 1.72. The molecule has 18 heavy (non-hydrogen) atoms. The minimum Gasteiger partial charge on any atom is -0.490 e. The van der Waals surface area contributed by atoms with Crippen LogP contribution in [0.4, 0.5) is 5.82 Å². The van der Waals surface area contributed by atoms with E-state index in [0.717, 1.165) is 12.8 Å². The topological polar surface area (TPSA) is 60.2 Å². The summed E-state index contributed by atoms with van der Waals surface area (Å²) in [5.41, 5.74) is 3.84. The lowest BCUT2D eigenvalue weighted by molar-refractivity contribution is 0.311. The van der Waals surface area contributed by atoms with E-state index in [1.807, 2.05) is 30.3 Å². The number of aryl methyl sites for hydroxylation is 1. The predicted molar refractivity (Wildman–Crippen MR) is 72.3 cm³/mol. The Labute approximate surface area is 107 Å². The third kappa shape index (κ3) is 3.46. The van der Waals surface area contributed by atoms with Gasteiger partial charge in [-0.1, -0.05) is 30.3 Å². The molecule has 3 N–H and O–H groups in total. The lowest BCUT2D eigenvalue weighted by Gasteiger charge is -2.09. The van der Waals surface area contributed by atoms with Crippen LogP contribution in [0.1, 0.15) is 12.0 Å². The molecule has 1 heterocycles. The highest BCUT2D eigenvalue weighted by molar-refractivity contribution is 5.48. The molecule has 0 unspecified atom stereocenters. The van der Waals surface area contributed by atoms with Gasteiger partial charge >= 0.3 is 0 Å². The zero-order chi connectivity index (χ0) is 12.6. The van der Waals surface area contributed by atoms with Crippen LogP contribution in [0.2, 0.25) is 0 Å². The van der Waals surface area contributed by atoms with E-state index in [9.17, 15) is 0 Å². The molecule has 0 fully saturated rings. The summed E-state index contributed by atoms with van der Waals surface area (Å²) in [4.78, 5) is 4.07. The Hall–Kier alpha value is -2.07. The molecule has 4 heteroatoms. The van der Waals surface area contributed by atoms with E-state index in [0.29, 0.717) is 18.2 Å². The quantitative estimate of drug-likeness (QED) is 0.464. The van der Waals surface area contributed by atoms with E-state index in [2.05, 4.69) is 22.5 Å². The Morgan fingerprint density at radius 2 is 1.94 bits per heavy atom. The number of hydrogen-bond donors (Lipinski definition) is 2. The number of anilines is 1. The van der Waals surface area contributed by atoms with E-state index in [4.69, 9.17) is 10.6 Å². The third-order valence-corrected chi connectivity index (χ3v) is 2.62. The Bertz CT molecular complexity index is 473. The second kappa shape index (κ2) is 6.61. The van der Waals surface area contributed by atoms with Gasteiger partial charge in [0, 0.05) is 6.20 Å². The molecule has 0 aliphatic heterocycles. The number of ether oxygens (including phenoxy) is 1. The first-order chi connectivity index (χ1) is 8.90. The summed E-state index contributed by atoms with van der Waals surface area (Å²) in [6, 6.07) is 14.0. The van der Waals surface area contributed by atoms with Gasteiger partial charge in [-0.05, 0) is 30.5 Å². The summed E-state index contributed by atoms with van der Waals surface area (Å²) < 4.78 is 5.64. The smallest absolute Gasteiger partial charge is 0.182 e. The second-order valence-corrected chi connectivity index (χ2v) is 3.93. The standard InChI is InChI=1S/C14H17N3O/c15-17-14-13(9-4-10-16-14)18-11-5-8-12-6-2-1-3-7-12/h1-4,6-7,9-10H,5,8,11,15H2,(H,16,17). The maximum Gasteiger partial charge on any atom is 0.182 e. The van der Waals surface area contributed by atoms with E-state index in [1.165, 1.54) is 5.56 Å². The van der Waals surface area contributed by atoms with Crippen LogP contribution in [0, 0.1) is 0 Å². The number of rotatable bonds is 6. The van der Waals surface area contributed by atoms with Gasteiger partial charge < -0.3 is 10.2 Å². The second-order valence-electron chi connectivity index (χ2n) is 3.93. The van der Waals surface area contributed by atoms with Gasteiger partial charge in [0.2, 0.25) is 0 Å². The number of benzene rings is 1. The van der Waals surface area contributed by atoms with Crippen molar-refractivity contribution in [2.24, 2.45) is 5.84 Å². The first kappa shape index (κ1) is 12.4. The minimum absolute atomic E-state index is 0.567. The van der Waals surface area contributed by atoms with Crippen molar-refractivity contribution in [2.45, 2.75) is 12.8 Å². The average molecular weight is 243 g/mol. The van der Waals surface area contributed by atoms with Gasteiger partial charge in [0.15, 0.2) is 11.6 Å². The number of nitrogens with two attached hydrogens (primary N) is 1. The first-order valence-corrected chi connectivity index (χ1v) is 5.98. The zero-order valence-corrected chi connectivity index (χ0v) is 10.2. The van der Waals surface area contributed by atoms with E-state index in [1.54, 1.807) is 6.20 Å². The van der Waals surface area contributed by atoms with Crippen molar-refractivity contribution in [3.63, 3.8) is 0 Å². The molecule has 0 amide bonds. The Kier molecular flexibility index (Phi) is 4.55. The molecule has 0 spiro atoms. The van der Waals surface area contributed by atoms with Crippen molar-refractivity contribution in [3.8, 4) is 5.75 Å². The van der Waals surface area contributed by atoms with Crippen molar-refractivity contribution in [3.05, 3.63) is 54.2 Å². The van der Waals surface area contributed by atoms with Crippen LogP contribution in [0.3, 0.4) is 0 Å². The highest BCUT2D eigenvalue weighted by Gasteiger charge is 2.01. The molecular weight excluding hydrogens is 226 g/mol. The lowest BCUT2D eigenvalue weighted by atomic mass is 10.1. The molecule has 2 rings (SSSR count). The molecule has 94 valence electrons. The van der Waals surface area contributed by atoms with Crippen molar-refractivity contribution >= 4 is 5.82 Å². The molecule has 2 aromatic rings. The summed E-state index contributed by atoms with van der Waals surface area (Å²) >= 11 is 0. The summed E-state index contributed by atoms with van der Waals surface area (Å²) in [5, 5.41) is 0. The van der Waals surface area contributed by atoms with Crippen molar-refractivity contribution in [2.75, 3.05) is 12.0 Å². The van der Waals surface area contributed by atoms with Crippen LogP contribution in [0.15, 0.2) is 48.7 Å². The van der Waals surface area contributed by atoms with Crippen LogP contribution in [0.25, 0.3) is 0 Å². The molecule has 0 atom stereocenters. The number of hydrogen-bond acceptors (Lipinski definition) is 4. The van der Waals surface area contributed by atoms with Crippen molar-refractivity contribution < 1.29 is 4.74 Å². The number of pyridine rings is 1. The molecule has 1 aromatic heterocycles. The average Bonchev–Trinajstić information content (AvgIpc) is 2.45. The molecule has 1 aromatic carbocycles. The van der Waals surface area contributed by atoms with E-state index >= 15 is 0 Å². The Morgan fingerprint density at radius 1 is 1.11 bits per heavy atom. The van der Waals surface area contributed by atoms with Gasteiger partial charge in [-0.2, -0.15) is 0 Å². The van der Waals surface area contributed by atoms with Gasteiger partial charge in [0.1, 0.15) is 0 Å². The molecule has 0 aliphatic carbocycles. The minimum atomic E-state index is 0.567. The summed E-state index contributed by atoms with van der Waals surface area (Å²) in [7, 11) is 0. The largest absolute Gasteiger partial charge is 0.490 e. The molecule has 0 radical (unpaired) electrons. The SMILES string of the molecule is NNc1ncccc1OCCCc1ccccc1. The van der Waals surface area contributed by atoms with Gasteiger partial charge in [0.05, 0.1) is 6.61 Å². The fourth-order valence-electron chi connectivity index (χ4n) is 1.72. The van der Waals surface area contributed by atoms with E-state index in [-0.39, 0.29) is 0 Å². The van der Waals surface area contributed by atoms with Gasteiger partial charge in [-0.15, -0.1) is 0 Å². The first-order valence-electron chi connectivity index (χ1n) is 5.98. The van der Waals surface area contributed by atoms with Crippen molar-refractivity contribution in [1.29, 1.82) is 0 Å². The number of nitrogens with one attached hydrogen (secondary N) is 1. The third-order valence-electron chi connectivity index (χ3n) is 2.62. The molecule has 0 aliphatic rings. The summed E-state index contributed by atoms with van der Waals surface area (Å²) in [6.45, 7) is 0.648. The zero-order valence-electron chi connectivity index (χ0n) is 10.2. The van der Waals surface area contributed by atoms with Crippen LogP contribution in [-0.4, -0.2) is 11.6 Å². The maximum atomic E-state index is 5.64. The predicted octanol–water partition coefficient (Wildman–Crippen LogP) is 2.38. The number of hydrazine groups is 1. The molecule has 4 nitrogen and oxygen atoms in total. The summed E-state index contributed by atoms with van der Waals surface area (Å²) in [5.74, 6) is 6.61. The highest BCUT2D eigenvalue weighted by atomic mass is 16.5. The number of nitrogen functional groups attached to an aromatic ring is 1. The van der Waals surface area contributed by atoms with Crippen molar-refractivity contribution in [1.82, 2.24) is 4.98 Å². The van der Waals surface area contributed by atoms with Gasteiger partial charge in [-0.3, -0.25) is 0 Å². The van der Waals surface area contributed by atoms with Crippen LogP contribution >= 0.6 is 0 Å². The number of aromatic nitrogens is 1. The summed E-state index contributed by atoms with van der Waals surface area (Å²) in [6.07, 6.45) is 3.64. The lowest BCUT2D eigenvalue weighted by Crippen LogP contribution is -2.11. The fraction of sp³-hybridized carbons (Fsp3) is 0.214. The molecule has 0 saturated heterocycles. The Balaban J connectivity index is 1.78. The van der Waals surface area contributed by atoms with Gasteiger partial charge in [-0.25, -0.2) is 10.8 Å². The maximum absolute atomic E-state index is 5.64. The van der Waals surface area contributed by atoms with Crippen LogP contribution in [0.5, 0.6) is 5.75 Å². The van der Waals surface area contributed by atoms with Crippen LogP contribution < -0.4 is 16.0 Å². The normalized spacial score (nSPS) is 10.1. The van der Waals surface area contributed by atoms with E-state index < -0.39 is 0 Å². The Morgan fingerprint density at radius 3 is 2.72 bits per heavy atom. The molecule has 0 saturated carbocycles. The molecular formula is C14H17N3O. The highest BCUT2D eigenvalue weighted by Crippen LogP contribution is 2.19. The monoisotopic (exact) mass is 243 g/mol. The van der Waals surface area contributed by atoms with Crippen LogP contribution in [-0.2, 0) is 6.42 Å². The number of nitrogens with zero attached hydrogens (tertiary/aromatic N) is 1. The van der Waals surface area contributed by atoms with Gasteiger partial charge in [0.25, 0.3) is 0 Å². The molecule has 0 bridgehead atoms.